The van der Waals surface area contributed by atoms with E-state index in [0.29, 0.717) is 6.54 Å². The molecular weight excluding hydrogens is 473 g/mol. The number of fused-ring (bicyclic) bond motifs is 1. The number of nitrogens with zero attached hydrogens (tertiary/aromatic N) is 4. The Balaban J connectivity index is 1.30. The van der Waals surface area contributed by atoms with Gasteiger partial charge in [-0.2, -0.15) is 18.2 Å². The van der Waals surface area contributed by atoms with E-state index in [9.17, 15) is 26.7 Å². The Morgan fingerprint density at radius 1 is 1.30 bits per heavy atom. The molecule has 1 aliphatic heterocycles. The molecule has 1 aliphatic rings. The number of aromatic nitrogens is 4. The quantitative estimate of drug-likeness (QED) is 0.420. The number of carbonyl (C=O) groups is 1. The molecule has 0 spiro atoms. The zero-order valence-corrected chi connectivity index (χ0v) is 17.6. The van der Waals surface area contributed by atoms with E-state index in [1.807, 2.05) is 0 Å². The van der Waals surface area contributed by atoms with Gasteiger partial charge >= 0.3 is 6.18 Å². The number of nitrogens with one attached hydrogen (secondary N) is 1. The maximum atomic E-state index is 13.8. The van der Waals surface area contributed by atoms with Gasteiger partial charge in [-0.15, -0.1) is 0 Å². The molecule has 3 heterocycles. The van der Waals surface area contributed by atoms with E-state index in [2.05, 4.69) is 19.9 Å². The number of thioether (sulfide) groups is 1. The van der Waals surface area contributed by atoms with Crippen molar-refractivity contribution in [2.75, 3.05) is 32.1 Å². The van der Waals surface area contributed by atoms with Crippen LogP contribution in [0.15, 0.2) is 29.6 Å². The highest BCUT2D eigenvalue weighted by Gasteiger charge is 2.35. The van der Waals surface area contributed by atoms with Gasteiger partial charge in [0.15, 0.2) is 11.0 Å². The standard InChI is InChI=1S/C19H16F5N5O3S/c20-10-5-12(21)16-13(6-10)26-18(28-16)33-9-15(30)29-3-4-31-11(7-29)8-32-14-1-2-25-17(27-14)19(22,23)24/h1-2,5-6,11H,3-4,7-9H2,(H,26,28). The molecule has 0 aliphatic carbocycles. The third-order valence-electron chi connectivity index (χ3n) is 4.61. The molecule has 0 radical (unpaired) electrons. The second-order valence-electron chi connectivity index (χ2n) is 6.97. The molecule has 1 unspecified atom stereocenters. The first-order valence-electron chi connectivity index (χ1n) is 9.59. The highest BCUT2D eigenvalue weighted by molar-refractivity contribution is 7.99. The Bertz CT molecular complexity index is 1160. The zero-order chi connectivity index (χ0) is 23.6. The number of imidazole rings is 1. The van der Waals surface area contributed by atoms with Gasteiger partial charge in [-0.1, -0.05) is 11.8 Å². The summed E-state index contributed by atoms with van der Waals surface area (Å²) in [6, 6.07) is 3.03. The van der Waals surface area contributed by atoms with Gasteiger partial charge in [-0.25, -0.2) is 18.7 Å². The number of morpholine rings is 1. The summed E-state index contributed by atoms with van der Waals surface area (Å²) in [5.74, 6) is -3.38. The monoisotopic (exact) mass is 489 g/mol. The van der Waals surface area contributed by atoms with Crippen LogP contribution in [0, 0.1) is 11.6 Å². The molecule has 1 N–H and O–H groups in total. The fourth-order valence-electron chi connectivity index (χ4n) is 3.09. The number of ether oxygens (including phenoxy) is 2. The van der Waals surface area contributed by atoms with Crippen molar-refractivity contribution in [3.05, 3.63) is 41.9 Å². The highest BCUT2D eigenvalue weighted by atomic mass is 32.2. The molecule has 3 aromatic rings. The fourth-order valence-corrected chi connectivity index (χ4v) is 3.87. The van der Waals surface area contributed by atoms with Gasteiger partial charge in [0, 0.05) is 24.9 Å². The number of halogens is 5. The van der Waals surface area contributed by atoms with Crippen molar-refractivity contribution in [2.24, 2.45) is 0 Å². The SMILES string of the molecule is O=C(CSc1nc2c(F)cc(F)cc2[nH]1)N1CCOC(COc2ccnc(C(F)(F)F)n2)C1. The number of benzene rings is 1. The third-order valence-corrected chi connectivity index (χ3v) is 5.47. The van der Waals surface area contributed by atoms with E-state index in [0.717, 1.165) is 30.1 Å². The summed E-state index contributed by atoms with van der Waals surface area (Å²) in [7, 11) is 0. The summed E-state index contributed by atoms with van der Waals surface area (Å²) in [5.41, 5.74) is 0.165. The Kier molecular flexibility index (Phi) is 6.65. The van der Waals surface area contributed by atoms with E-state index < -0.39 is 29.7 Å². The predicted octanol–water partition coefficient (Wildman–Crippen LogP) is 3.05. The average Bonchev–Trinajstić information content (AvgIpc) is 3.19. The van der Waals surface area contributed by atoms with Crippen LogP contribution in [-0.4, -0.2) is 68.9 Å². The summed E-state index contributed by atoms with van der Waals surface area (Å²) >= 11 is 1.04. The molecule has 1 saturated heterocycles. The number of H-pyrrole nitrogens is 1. The summed E-state index contributed by atoms with van der Waals surface area (Å²) in [5, 5.41) is 0.264. The van der Waals surface area contributed by atoms with Gasteiger partial charge < -0.3 is 19.4 Å². The number of hydrogen-bond donors (Lipinski definition) is 1. The fraction of sp³-hybridized carbons (Fsp3) is 0.368. The minimum atomic E-state index is -4.69. The first-order chi connectivity index (χ1) is 15.7. The lowest BCUT2D eigenvalue weighted by atomic mass is 10.3. The normalized spacial score (nSPS) is 16.9. The van der Waals surface area contributed by atoms with Crippen LogP contribution in [0.4, 0.5) is 22.0 Å². The molecule has 1 fully saturated rings. The van der Waals surface area contributed by atoms with Crippen LogP contribution >= 0.6 is 11.8 Å². The van der Waals surface area contributed by atoms with Gasteiger partial charge in [0.1, 0.15) is 24.0 Å². The Morgan fingerprint density at radius 3 is 2.91 bits per heavy atom. The minimum absolute atomic E-state index is 0.0155. The Hall–Kier alpha value is -3.00. The number of hydrogen-bond acceptors (Lipinski definition) is 7. The predicted molar refractivity (Wildman–Crippen MR) is 106 cm³/mol. The lowest BCUT2D eigenvalue weighted by Gasteiger charge is -2.32. The molecule has 1 amide bonds. The number of aromatic amines is 1. The van der Waals surface area contributed by atoms with Crippen LogP contribution in [-0.2, 0) is 15.7 Å². The molecule has 1 aromatic carbocycles. The van der Waals surface area contributed by atoms with Crippen molar-refractivity contribution >= 4 is 28.7 Å². The maximum Gasteiger partial charge on any atom is 0.451 e. The summed E-state index contributed by atoms with van der Waals surface area (Å²) < 4.78 is 76.0. The molecule has 14 heteroatoms. The van der Waals surface area contributed by atoms with Crippen LogP contribution in [0.1, 0.15) is 5.82 Å². The topological polar surface area (TPSA) is 93.2 Å². The van der Waals surface area contributed by atoms with Gasteiger partial charge in [0.05, 0.1) is 24.4 Å². The van der Waals surface area contributed by atoms with Crippen LogP contribution in [0.25, 0.3) is 11.0 Å². The second kappa shape index (κ2) is 9.47. The van der Waals surface area contributed by atoms with Crippen molar-refractivity contribution in [1.29, 1.82) is 0 Å². The lowest BCUT2D eigenvalue weighted by Crippen LogP contribution is -2.48. The van der Waals surface area contributed by atoms with Gasteiger partial charge in [-0.3, -0.25) is 4.79 Å². The summed E-state index contributed by atoms with van der Waals surface area (Å²) in [4.78, 5) is 27.4. The summed E-state index contributed by atoms with van der Waals surface area (Å²) in [6.07, 6.45) is -4.32. The maximum absolute atomic E-state index is 13.8. The molecule has 8 nitrogen and oxygen atoms in total. The van der Waals surface area contributed by atoms with Gasteiger partial charge in [-0.05, 0) is 6.07 Å². The summed E-state index contributed by atoms with van der Waals surface area (Å²) in [6.45, 7) is 0.592. The number of alkyl halides is 3. The Morgan fingerprint density at radius 2 is 2.12 bits per heavy atom. The average molecular weight is 489 g/mol. The van der Waals surface area contributed by atoms with Crippen molar-refractivity contribution in [2.45, 2.75) is 17.4 Å². The van der Waals surface area contributed by atoms with Gasteiger partial charge in [0.2, 0.25) is 17.6 Å². The van der Waals surface area contributed by atoms with Crippen molar-refractivity contribution in [3.8, 4) is 5.88 Å². The Labute approximate surface area is 187 Å². The third kappa shape index (κ3) is 5.68. The minimum Gasteiger partial charge on any atom is -0.475 e. The molecule has 0 saturated carbocycles. The van der Waals surface area contributed by atoms with Crippen LogP contribution < -0.4 is 4.74 Å². The van der Waals surface area contributed by atoms with Crippen molar-refractivity contribution in [1.82, 2.24) is 24.8 Å². The largest absolute Gasteiger partial charge is 0.475 e. The van der Waals surface area contributed by atoms with Crippen molar-refractivity contribution in [3.63, 3.8) is 0 Å². The second-order valence-corrected chi connectivity index (χ2v) is 7.94. The van der Waals surface area contributed by atoms with Crippen LogP contribution in [0.2, 0.25) is 0 Å². The van der Waals surface area contributed by atoms with Crippen LogP contribution in [0.3, 0.4) is 0 Å². The van der Waals surface area contributed by atoms with Gasteiger partial charge in [0.25, 0.3) is 0 Å². The van der Waals surface area contributed by atoms with E-state index in [1.165, 1.54) is 11.0 Å². The zero-order valence-electron chi connectivity index (χ0n) is 16.7. The van der Waals surface area contributed by atoms with Crippen molar-refractivity contribution < 1.29 is 36.2 Å². The molecular formula is C19H16F5N5O3S. The number of rotatable bonds is 6. The van der Waals surface area contributed by atoms with E-state index in [1.54, 1.807) is 0 Å². The van der Waals surface area contributed by atoms with E-state index >= 15 is 0 Å². The molecule has 0 bridgehead atoms. The molecule has 33 heavy (non-hydrogen) atoms. The molecule has 4 rings (SSSR count). The molecule has 1 atom stereocenters. The molecule has 2 aromatic heterocycles. The van der Waals surface area contributed by atoms with E-state index in [4.69, 9.17) is 9.47 Å². The lowest BCUT2D eigenvalue weighted by molar-refractivity contribution is -0.145. The van der Waals surface area contributed by atoms with E-state index in [-0.39, 0.29) is 53.5 Å². The number of amides is 1. The first-order valence-corrected chi connectivity index (χ1v) is 10.6. The first kappa shape index (κ1) is 23.2. The number of carbonyl (C=O) groups excluding carboxylic acids is 1. The highest BCUT2D eigenvalue weighted by Crippen LogP contribution is 2.27. The molecule has 176 valence electrons. The smallest absolute Gasteiger partial charge is 0.451 e. The van der Waals surface area contributed by atoms with Crippen LogP contribution in [0.5, 0.6) is 5.88 Å².